The van der Waals surface area contributed by atoms with Crippen molar-refractivity contribution < 1.29 is 19.4 Å². The number of pyridine rings is 1. The number of anilines is 1. The Morgan fingerprint density at radius 1 is 1.39 bits per heavy atom. The van der Waals surface area contributed by atoms with Gasteiger partial charge in [-0.3, -0.25) is 9.59 Å². The quantitative estimate of drug-likeness (QED) is 0.402. The van der Waals surface area contributed by atoms with E-state index in [1.54, 1.807) is 19.9 Å². The molecule has 5 atom stereocenters. The lowest BCUT2D eigenvalue weighted by Gasteiger charge is -2.31. The summed E-state index contributed by atoms with van der Waals surface area (Å²) in [5.41, 5.74) is -1.43. The van der Waals surface area contributed by atoms with Gasteiger partial charge in [0.1, 0.15) is 10.8 Å². The molecule has 8 heteroatoms. The number of amides is 2. The highest BCUT2D eigenvalue weighted by Crippen LogP contribution is 2.60. The maximum absolute atomic E-state index is 12.9. The number of carbonyl (C=O) groups is 2. The van der Waals surface area contributed by atoms with E-state index >= 15 is 0 Å². The Morgan fingerprint density at radius 2 is 2.04 bits per heavy atom. The van der Waals surface area contributed by atoms with Gasteiger partial charge in [0.05, 0.1) is 39.0 Å². The standard InChI is InChI=1S/C15H14ClIN2O4/c1-14-4-8(20)15(2,23-14)10-9(14)12(21)19(13(10)22)6-3-7(17)11(16)18-5-6/h3,5,8-10,20H,4H2,1-2H3/t8-,9?,10-,14?,15?/m1/s1. The Morgan fingerprint density at radius 3 is 2.70 bits per heavy atom. The minimum absolute atomic E-state index is 0.293. The predicted molar refractivity (Wildman–Crippen MR) is 90.0 cm³/mol. The lowest BCUT2D eigenvalue weighted by molar-refractivity contribution is -0.132. The lowest BCUT2D eigenvalue weighted by atomic mass is 9.67. The molecule has 1 aromatic rings. The van der Waals surface area contributed by atoms with E-state index in [0.717, 1.165) is 4.90 Å². The van der Waals surface area contributed by atoms with Gasteiger partial charge in [-0.2, -0.15) is 0 Å². The van der Waals surface area contributed by atoms with Crippen LogP contribution in [0.2, 0.25) is 5.15 Å². The molecule has 0 radical (unpaired) electrons. The molecule has 122 valence electrons. The maximum Gasteiger partial charge on any atom is 0.240 e. The predicted octanol–water partition coefficient (Wildman–Crippen LogP) is 1.76. The van der Waals surface area contributed by atoms with Crippen molar-refractivity contribution in [2.45, 2.75) is 37.6 Å². The van der Waals surface area contributed by atoms with Crippen LogP contribution in [-0.2, 0) is 14.3 Å². The van der Waals surface area contributed by atoms with E-state index in [9.17, 15) is 14.7 Å². The second-order valence-electron chi connectivity index (χ2n) is 6.75. The van der Waals surface area contributed by atoms with Crippen molar-refractivity contribution >= 4 is 51.7 Å². The molecule has 0 aromatic carbocycles. The Balaban J connectivity index is 1.80. The Bertz CT molecular complexity index is 759. The molecule has 0 saturated carbocycles. The number of halogens is 2. The number of rotatable bonds is 1. The molecule has 3 aliphatic rings. The van der Waals surface area contributed by atoms with Gasteiger partial charge in [-0.05, 0) is 42.5 Å². The second kappa shape index (κ2) is 4.65. The highest BCUT2D eigenvalue weighted by Gasteiger charge is 2.75. The van der Waals surface area contributed by atoms with Crippen molar-refractivity contribution in [2.75, 3.05) is 4.90 Å². The van der Waals surface area contributed by atoms with Crippen LogP contribution in [0.15, 0.2) is 12.3 Å². The molecule has 3 saturated heterocycles. The third kappa shape index (κ3) is 1.85. The summed E-state index contributed by atoms with van der Waals surface area (Å²) in [4.78, 5) is 31.0. The molecule has 4 rings (SSSR count). The number of nitrogens with zero attached hydrogens (tertiary/aromatic N) is 2. The number of ether oxygens (including phenoxy) is 1. The minimum atomic E-state index is -1.02. The van der Waals surface area contributed by atoms with E-state index in [1.807, 2.05) is 22.6 Å². The Hall–Kier alpha value is -0.770. The molecular weight excluding hydrogens is 435 g/mol. The van der Waals surface area contributed by atoms with Gasteiger partial charge >= 0.3 is 0 Å². The first-order valence-corrected chi connectivity index (χ1v) is 8.72. The number of fused-ring (bicyclic) bond motifs is 5. The summed E-state index contributed by atoms with van der Waals surface area (Å²) < 4.78 is 6.60. The van der Waals surface area contributed by atoms with Crippen LogP contribution >= 0.6 is 34.2 Å². The second-order valence-corrected chi connectivity index (χ2v) is 8.27. The molecule has 3 fully saturated rings. The number of aliphatic hydroxyl groups excluding tert-OH is 1. The topological polar surface area (TPSA) is 79.7 Å². The van der Waals surface area contributed by atoms with Crippen molar-refractivity contribution in [3.63, 3.8) is 0 Å². The van der Waals surface area contributed by atoms with Gasteiger partial charge in [-0.25, -0.2) is 9.88 Å². The molecule has 0 spiro atoms. The van der Waals surface area contributed by atoms with Gasteiger partial charge in [0.15, 0.2) is 0 Å². The third-order valence-electron chi connectivity index (χ3n) is 5.34. The van der Waals surface area contributed by atoms with E-state index in [1.165, 1.54) is 6.20 Å². The van der Waals surface area contributed by atoms with Gasteiger partial charge < -0.3 is 9.84 Å². The fraction of sp³-hybridized carbons (Fsp3) is 0.533. The number of carbonyl (C=O) groups excluding carboxylic acids is 2. The van der Waals surface area contributed by atoms with Gasteiger partial charge in [-0.1, -0.05) is 11.6 Å². The van der Waals surface area contributed by atoms with Crippen LogP contribution in [0.25, 0.3) is 0 Å². The molecule has 0 aliphatic carbocycles. The average molecular weight is 449 g/mol. The average Bonchev–Trinajstić information content (AvgIpc) is 2.96. The maximum atomic E-state index is 12.9. The highest BCUT2D eigenvalue weighted by molar-refractivity contribution is 14.1. The van der Waals surface area contributed by atoms with E-state index < -0.39 is 29.1 Å². The largest absolute Gasteiger partial charge is 0.390 e. The zero-order valence-electron chi connectivity index (χ0n) is 12.4. The molecule has 2 amide bonds. The molecule has 23 heavy (non-hydrogen) atoms. The summed E-state index contributed by atoms with van der Waals surface area (Å²) in [6.45, 7) is 3.51. The number of aliphatic hydroxyl groups is 1. The van der Waals surface area contributed by atoms with Crippen LogP contribution in [0, 0.1) is 15.4 Å². The summed E-state index contributed by atoms with van der Waals surface area (Å²) in [6, 6.07) is 1.66. The van der Waals surface area contributed by atoms with Crippen LogP contribution in [0.5, 0.6) is 0 Å². The van der Waals surface area contributed by atoms with E-state index in [0.29, 0.717) is 20.8 Å². The van der Waals surface area contributed by atoms with Gasteiger partial charge in [-0.15, -0.1) is 0 Å². The number of hydrogen-bond acceptors (Lipinski definition) is 5. The van der Waals surface area contributed by atoms with Gasteiger partial charge in [0.25, 0.3) is 0 Å². The fourth-order valence-corrected chi connectivity index (χ4v) is 4.87. The van der Waals surface area contributed by atoms with Crippen molar-refractivity contribution in [1.29, 1.82) is 0 Å². The molecule has 3 aliphatic heterocycles. The summed E-state index contributed by atoms with van der Waals surface area (Å²) >= 11 is 7.92. The molecule has 6 nitrogen and oxygen atoms in total. The van der Waals surface area contributed by atoms with E-state index in [4.69, 9.17) is 16.3 Å². The van der Waals surface area contributed by atoms with E-state index in [-0.39, 0.29) is 11.8 Å². The zero-order valence-corrected chi connectivity index (χ0v) is 15.3. The normalized spacial score (nSPS) is 41.8. The number of hydrogen-bond donors (Lipinski definition) is 1. The van der Waals surface area contributed by atoms with Crippen LogP contribution in [0.1, 0.15) is 20.3 Å². The molecule has 1 N–H and O–H groups in total. The number of imide groups is 1. The Labute approximate surface area is 151 Å². The minimum Gasteiger partial charge on any atom is -0.390 e. The Kier molecular flexibility index (Phi) is 3.18. The summed E-state index contributed by atoms with van der Waals surface area (Å²) in [7, 11) is 0. The van der Waals surface area contributed by atoms with Crippen LogP contribution < -0.4 is 4.90 Å². The van der Waals surface area contributed by atoms with Gasteiger partial charge in [0.2, 0.25) is 11.8 Å². The molecule has 3 unspecified atom stereocenters. The first-order valence-electron chi connectivity index (χ1n) is 7.26. The zero-order chi connectivity index (χ0) is 16.7. The summed E-state index contributed by atoms with van der Waals surface area (Å²) in [6.07, 6.45) is 1.02. The van der Waals surface area contributed by atoms with Crippen molar-refractivity contribution in [3.8, 4) is 0 Å². The third-order valence-corrected chi connectivity index (χ3v) is 6.78. The van der Waals surface area contributed by atoms with Gasteiger partial charge in [0, 0.05) is 6.42 Å². The highest BCUT2D eigenvalue weighted by atomic mass is 127. The van der Waals surface area contributed by atoms with Crippen molar-refractivity contribution in [3.05, 3.63) is 21.0 Å². The first kappa shape index (κ1) is 15.7. The van der Waals surface area contributed by atoms with E-state index in [2.05, 4.69) is 4.98 Å². The SMILES string of the molecule is CC12C[C@@H](O)C(C)(O1)[C@H]1C(=O)N(c3cnc(Cl)c(I)c3)C(=O)C12. The first-order chi connectivity index (χ1) is 10.7. The lowest BCUT2D eigenvalue weighted by Crippen LogP contribution is -2.49. The fourth-order valence-electron chi connectivity index (χ4n) is 4.31. The number of aromatic nitrogens is 1. The van der Waals surface area contributed by atoms with Crippen molar-refractivity contribution in [2.24, 2.45) is 11.8 Å². The monoisotopic (exact) mass is 448 g/mol. The molecule has 1 aromatic heterocycles. The molecular formula is C15H14ClIN2O4. The molecule has 2 bridgehead atoms. The summed E-state index contributed by atoms with van der Waals surface area (Å²) in [5.74, 6) is -1.88. The van der Waals surface area contributed by atoms with Crippen molar-refractivity contribution in [1.82, 2.24) is 4.98 Å². The summed E-state index contributed by atoms with van der Waals surface area (Å²) in [5, 5.41) is 10.6. The van der Waals surface area contributed by atoms with Crippen LogP contribution in [0.3, 0.4) is 0 Å². The van der Waals surface area contributed by atoms with Crippen LogP contribution in [-0.4, -0.2) is 39.2 Å². The molecule has 4 heterocycles. The van der Waals surface area contributed by atoms with Crippen LogP contribution in [0.4, 0.5) is 5.69 Å². The smallest absolute Gasteiger partial charge is 0.240 e.